The number of hydrogen-bond donors (Lipinski definition) is 2. The number of amides is 1. The molecule has 1 amide bonds. The predicted molar refractivity (Wildman–Crippen MR) is 86.4 cm³/mol. The minimum absolute atomic E-state index is 0.170. The summed E-state index contributed by atoms with van der Waals surface area (Å²) in [4.78, 5) is 25.6. The Kier molecular flexibility index (Phi) is 6.11. The molecular formula is C17H26N2O3. The number of benzene rings is 1. The number of carboxylic acids is 1. The lowest BCUT2D eigenvalue weighted by atomic mass is 9.98. The summed E-state index contributed by atoms with van der Waals surface area (Å²) in [5, 5.41) is 11.8. The molecule has 0 aliphatic rings. The van der Waals surface area contributed by atoms with Crippen molar-refractivity contribution in [2.45, 2.75) is 45.8 Å². The van der Waals surface area contributed by atoms with Gasteiger partial charge in [-0.2, -0.15) is 0 Å². The van der Waals surface area contributed by atoms with Gasteiger partial charge in [-0.15, -0.1) is 0 Å². The highest BCUT2D eigenvalue weighted by Gasteiger charge is 2.35. The zero-order valence-corrected chi connectivity index (χ0v) is 14.0. The number of hydrogen-bond acceptors (Lipinski definition) is 3. The van der Waals surface area contributed by atoms with Crippen molar-refractivity contribution in [2.24, 2.45) is 5.92 Å². The van der Waals surface area contributed by atoms with Gasteiger partial charge < -0.3 is 10.4 Å². The Balaban J connectivity index is 2.78. The van der Waals surface area contributed by atoms with Crippen LogP contribution in [0.3, 0.4) is 0 Å². The number of nitrogens with zero attached hydrogens (tertiary/aromatic N) is 1. The Morgan fingerprint density at radius 3 is 2.23 bits per heavy atom. The quantitative estimate of drug-likeness (QED) is 0.809. The summed E-state index contributed by atoms with van der Waals surface area (Å²) in [7, 11) is 1.86. The topological polar surface area (TPSA) is 69.6 Å². The van der Waals surface area contributed by atoms with E-state index in [4.69, 9.17) is 0 Å². The van der Waals surface area contributed by atoms with Crippen molar-refractivity contribution in [1.29, 1.82) is 0 Å². The first-order valence-corrected chi connectivity index (χ1v) is 7.45. The second kappa shape index (κ2) is 7.40. The SMILES string of the molecule is CC(C)C(NC(=O)C(C)(C)N(C)Cc1ccccc1)C(=O)O. The Labute approximate surface area is 132 Å². The van der Waals surface area contributed by atoms with Gasteiger partial charge in [0, 0.05) is 6.54 Å². The fourth-order valence-electron chi connectivity index (χ4n) is 2.06. The zero-order valence-electron chi connectivity index (χ0n) is 14.0. The third-order valence-corrected chi connectivity index (χ3v) is 3.99. The van der Waals surface area contributed by atoms with Crippen LogP contribution in [0.2, 0.25) is 0 Å². The summed E-state index contributed by atoms with van der Waals surface area (Å²) < 4.78 is 0. The molecular weight excluding hydrogens is 280 g/mol. The highest BCUT2D eigenvalue weighted by molar-refractivity contribution is 5.89. The summed E-state index contributed by atoms with van der Waals surface area (Å²) in [5.41, 5.74) is 0.294. The number of nitrogens with one attached hydrogen (secondary N) is 1. The van der Waals surface area contributed by atoms with Gasteiger partial charge in [0.15, 0.2) is 0 Å². The average Bonchev–Trinajstić information content (AvgIpc) is 2.44. The van der Waals surface area contributed by atoms with Gasteiger partial charge in [0.1, 0.15) is 6.04 Å². The van der Waals surface area contributed by atoms with E-state index >= 15 is 0 Å². The molecule has 122 valence electrons. The van der Waals surface area contributed by atoms with Crippen LogP contribution >= 0.6 is 0 Å². The summed E-state index contributed by atoms with van der Waals surface area (Å²) in [6, 6.07) is 8.97. The van der Waals surface area contributed by atoms with Crippen LogP contribution in [0.4, 0.5) is 0 Å². The van der Waals surface area contributed by atoms with Crippen LogP contribution in [-0.2, 0) is 16.1 Å². The van der Waals surface area contributed by atoms with E-state index in [0.717, 1.165) is 5.56 Å². The number of aliphatic carboxylic acids is 1. The van der Waals surface area contributed by atoms with Gasteiger partial charge in [0.25, 0.3) is 0 Å². The second-order valence-electron chi connectivity index (χ2n) is 6.43. The van der Waals surface area contributed by atoms with E-state index in [1.54, 1.807) is 27.7 Å². The van der Waals surface area contributed by atoms with Gasteiger partial charge in [-0.25, -0.2) is 4.79 Å². The van der Waals surface area contributed by atoms with Crippen molar-refractivity contribution in [3.05, 3.63) is 35.9 Å². The van der Waals surface area contributed by atoms with Crippen molar-refractivity contribution in [3.63, 3.8) is 0 Å². The number of carbonyl (C=O) groups excluding carboxylic acids is 1. The lowest BCUT2D eigenvalue weighted by Gasteiger charge is -2.35. The number of likely N-dealkylation sites (N-methyl/N-ethyl adjacent to an activating group) is 1. The van der Waals surface area contributed by atoms with Crippen LogP contribution in [0.5, 0.6) is 0 Å². The maximum absolute atomic E-state index is 12.5. The van der Waals surface area contributed by atoms with E-state index in [2.05, 4.69) is 5.32 Å². The van der Waals surface area contributed by atoms with Crippen LogP contribution in [0.15, 0.2) is 30.3 Å². The van der Waals surface area contributed by atoms with Crippen molar-refractivity contribution in [1.82, 2.24) is 10.2 Å². The fourth-order valence-corrected chi connectivity index (χ4v) is 2.06. The smallest absolute Gasteiger partial charge is 0.326 e. The summed E-state index contributed by atoms with van der Waals surface area (Å²) in [6.45, 7) is 7.76. The lowest BCUT2D eigenvalue weighted by molar-refractivity contribution is -0.145. The molecule has 22 heavy (non-hydrogen) atoms. The number of carbonyl (C=O) groups is 2. The predicted octanol–water partition coefficient (Wildman–Crippen LogP) is 2.12. The van der Waals surface area contributed by atoms with E-state index < -0.39 is 17.6 Å². The molecule has 0 bridgehead atoms. The maximum Gasteiger partial charge on any atom is 0.326 e. The summed E-state index contributed by atoms with van der Waals surface area (Å²) >= 11 is 0. The van der Waals surface area contributed by atoms with Crippen LogP contribution in [0.1, 0.15) is 33.3 Å². The van der Waals surface area contributed by atoms with Crippen LogP contribution in [0.25, 0.3) is 0 Å². The van der Waals surface area contributed by atoms with Crippen LogP contribution < -0.4 is 5.32 Å². The van der Waals surface area contributed by atoms with Crippen LogP contribution in [0, 0.1) is 5.92 Å². The van der Waals surface area contributed by atoms with E-state index in [-0.39, 0.29) is 11.8 Å². The van der Waals surface area contributed by atoms with Gasteiger partial charge in [-0.3, -0.25) is 9.69 Å². The lowest BCUT2D eigenvalue weighted by Crippen LogP contribution is -2.57. The molecule has 0 aliphatic heterocycles. The molecule has 5 nitrogen and oxygen atoms in total. The molecule has 0 saturated heterocycles. The second-order valence-corrected chi connectivity index (χ2v) is 6.43. The summed E-state index contributed by atoms with van der Waals surface area (Å²) in [6.07, 6.45) is 0. The van der Waals surface area contributed by atoms with Gasteiger partial charge in [0.05, 0.1) is 5.54 Å². The largest absolute Gasteiger partial charge is 0.480 e. The van der Waals surface area contributed by atoms with E-state index in [1.807, 2.05) is 42.3 Å². The highest BCUT2D eigenvalue weighted by Crippen LogP contribution is 2.17. The number of carboxylic acid groups (broad SMARTS) is 1. The molecule has 5 heteroatoms. The third kappa shape index (κ3) is 4.56. The molecule has 0 heterocycles. The molecule has 0 aliphatic carbocycles. The molecule has 1 atom stereocenters. The molecule has 1 rings (SSSR count). The molecule has 2 N–H and O–H groups in total. The summed E-state index contributed by atoms with van der Waals surface area (Å²) in [5.74, 6) is -1.46. The minimum Gasteiger partial charge on any atom is -0.480 e. The monoisotopic (exact) mass is 306 g/mol. The first-order valence-electron chi connectivity index (χ1n) is 7.45. The average molecular weight is 306 g/mol. The molecule has 1 aromatic carbocycles. The number of rotatable bonds is 7. The molecule has 1 unspecified atom stereocenters. The minimum atomic E-state index is -1.01. The van der Waals surface area contributed by atoms with Crippen molar-refractivity contribution in [3.8, 4) is 0 Å². The normalized spacial score (nSPS) is 13.2. The van der Waals surface area contributed by atoms with E-state index in [9.17, 15) is 14.7 Å². The third-order valence-electron chi connectivity index (χ3n) is 3.99. The van der Waals surface area contributed by atoms with Crippen LogP contribution in [-0.4, -0.2) is 40.5 Å². The Bertz CT molecular complexity index is 512. The van der Waals surface area contributed by atoms with Gasteiger partial charge in [0.2, 0.25) is 5.91 Å². The van der Waals surface area contributed by atoms with Gasteiger partial charge in [-0.05, 0) is 32.4 Å². The zero-order chi connectivity index (χ0) is 16.9. The maximum atomic E-state index is 12.5. The first kappa shape index (κ1) is 18.2. The Morgan fingerprint density at radius 2 is 1.77 bits per heavy atom. The Morgan fingerprint density at radius 1 is 1.23 bits per heavy atom. The van der Waals surface area contributed by atoms with Gasteiger partial charge in [-0.1, -0.05) is 44.2 Å². The standard InChI is InChI=1S/C17H26N2O3/c1-12(2)14(15(20)21)18-16(22)17(3,4)19(5)11-13-9-7-6-8-10-13/h6-10,12,14H,11H2,1-5H3,(H,18,22)(H,20,21). The van der Waals surface area contributed by atoms with Gasteiger partial charge >= 0.3 is 5.97 Å². The molecule has 0 saturated carbocycles. The molecule has 0 radical (unpaired) electrons. The van der Waals surface area contributed by atoms with Crippen molar-refractivity contribution >= 4 is 11.9 Å². The molecule has 0 spiro atoms. The Hall–Kier alpha value is -1.88. The first-order chi connectivity index (χ1) is 10.2. The molecule has 0 fully saturated rings. The van der Waals surface area contributed by atoms with Crippen molar-refractivity contribution in [2.75, 3.05) is 7.05 Å². The van der Waals surface area contributed by atoms with E-state index in [0.29, 0.717) is 6.54 Å². The molecule has 1 aromatic rings. The fraction of sp³-hybridized carbons (Fsp3) is 0.529. The van der Waals surface area contributed by atoms with Crippen molar-refractivity contribution < 1.29 is 14.7 Å². The highest BCUT2D eigenvalue weighted by atomic mass is 16.4. The molecule has 0 aromatic heterocycles. The van der Waals surface area contributed by atoms with E-state index in [1.165, 1.54) is 0 Å².